The van der Waals surface area contributed by atoms with Crippen LogP contribution in [0.4, 0.5) is 0 Å². The molecule has 0 aromatic carbocycles. The maximum Gasteiger partial charge on any atom is 0.244 e. The third-order valence-electron chi connectivity index (χ3n) is 4.58. The summed E-state index contributed by atoms with van der Waals surface area (Å²) in [6.07, 6.45) is 5.67. The van der Waals surface area contributed by atoms with Gasteiger partial charge in [0, 0.05) is 44.9 Å². The van der Waals surface area contributed by atoms with Gasteiger partial charge in [-0.3, -0.25) is 4.79 Å². The van der Waals surface area contributed by atoms with Crippen molar-refractivity contribution >= 4 is 15.8 Å². The van der Waals surface area contributed by atoms with E-state index in [0.717, 1.165) is 12.0 Å². The van der Waals surface area contributed by atoms with Gasteiger partial charge in [0.25, 0.3) is 0 Å². The van der Waals surface area contributed by atoms with E-state index < -0.39 is 10.0 Å². The molecule has 6 heteroatoms. The Hall–Kier alpha value is -1.14. The summed E-state index contributed by atoms with van der Waals surface area (Å²) in [7, 11) is -1.63. The molecule has 1 aliphatic heterocycles. The lowest BCUT2D eigenvalue weighted by atomic mass is 10.0. The van der Waals surface area contributed by atoms with Crippen LogP contribution in [0.2, 0.25) is 0 Å². The second-order valence-electron chi connectivity index (χ2n) is 5.86. The van der Waals surface area contributed by atoms with Gasteiger partial charge < -0.3 is 4.57 Å². The van der Waals surface area contributed by atoms with Crippen molar-refractivity contribution in [2.24, 2.45) is 18.9 Å². The van der Waals surface area contributed by atoms with Crippen LogP contribution in [0.5, 0.6) is 0 Å². The summed E-state index contributed by atoms with van der Waals surface area (Å²) in [5.41, 5.74) is 0.843. The van der Waals surface area contributed by atoms with E-state index in [1.807, 2.05) is 20.2 Å². The summed E-state index contributed by atoms with van der Waals surface area (Å²) in [4.78, 5) is 12.2. The molecule has 110 valence electrons. The minimum atomic E-state index is -3.47. The van der Waals surface area contributed by atoms with Gasteiger partial charge in [-0.2, -0.15) is 4.31 Å². The first-order chi connectivity index (χ1) is 9.43. The molecule has 1 saturated heterocycles. The Bertz CT molecular complexity index is 647. The predicted molar refractivity (Wildman–Crippen MR) is 74.8 cm³/mol. The molecule has 2 fully saturated rings. The van der Waals surface area contributed by atoms with Crippen LogP contribution < -0.4 is 0 Å². The quantitative estimate of drug-likeness (QED) is 0.842. The predicted octanol–water partition coefficient (Wildman–Crippen LogP) is 1.19. The summed E-state index contributed by atoms with van der Waals surface area (Å²) in [5.74, 6) is 0.390. The van der Waals surface area contributed by atoms with Gasteiger partial charge in [-0.15, -0.1) is 0 Å². The van der Waals surface area contributed by atoms with E-state index in [4.69, 9.17) is 0 Å². The SMILES string of the molecule is CCc1cn(C)cc1S(=O)(=O)N1CC2CCC(=O)C2C1. The van der Waals surface area contributed by atoms with Crippen molar-refractivity contribution in [2.45, 2.75) is 31.1 Å². The van der Waals surface area contributed by atoms with Gasteiger partial charge >= 0.3 is 0 Å². The molecule has 1 aromatic rings. The second-order valence-corrected chi connectivity index (χ2v) is 7.77. The Kier molecular flexibility index (Phi) is 3.25. The molecule has 0 radical (unpaired) electrons. The molecule has 1 saturated carbocycles. The Morgan fingerprint density at radius 1 is 1.30 bits per heavy atom. The Morgan fingerprint density at radius 2 is 2.05 bits per heavy atom. The summed E-state index contributed by atoms with van der Waals surface area (Å²) in [6, 6.07) is 0. The first-order valence-corrected chi connectivity index (χ1v) is 8.55. The topological polar surface area (TPSA) is 59.4 Å². The number of rotatable bonds is 3. The number of carbonyl (C=O) groups excluding carboxylic acids is 1. The zero-order chi connectivity index (χ0) is 14.5. The zero-order valence-electron chi connectivity index (χ0n) is 11.9. The van der Waals surface area contributed by atoms with Crippen LogP contribution in [0.1, 0.15) is 25.3 Å². The highest BCUT2D eigenvalue weighted by Gasteiger charge is 2.46. The first-order valence-electron chi connectivity index (χ1n) is 7.11. The fraction of sp³-hybridized carbons (Fsp3) is 0.643. The largest absolute Gasteiger partial charge is 0.356 e. The molecule has 2 aliphatic rings. The van der Waals surface area contributed by atoms with Gasteiger partial charge in [-0.1, -0.05) is 6.92 Å². The van der Waals surface area contributed by atoms with Crippen LogP contribution in [0, 0.1) is 11.8 Å². The number of hydrogen-bond acceptors (Lipinski definition) is 3. The van der Waals surface area contributed by atoms with Gasteiger partial charge in [-0.05, 0) is 24.3 Å². The van der Waals surface area contributed by atoms with Gasteiger partial charge in [0.1, 0.15) is 10.7 Å². The molecule has 2 atom stereocenters. The van der Waals surface area contributed by atoms with Crippen LogP contribution in [0.25, 0.3) is 0 Å². The highest BCUT2D eigenvalue weighted by molar-refractivity contribution is 7.89. The van der Waals surface area contributed by atoms with Crippen LogP contribution in [0.3, 0.4) is 0 Å². The molecule has 1 aliphatic carbocycles. The Labute approximate surface area is 119 Å². The lowest BCUT2D eigenvalue weighted by Crippen LogP contribution is -2.30. The highest BCUT2D eigenvalue weighted by atomic mass is 32.2. The van der Waals surface area contributed by atoms with E-state index in [-0.39, 0.29) is 17.6 Å². The van der Waals surface area contributed by atoms with E-state index in [2.05, 4.69) is 0 Å². The molecule has 5 nitrogen and oxygen atoms in total. The summed E-state index contributed by atoms with van der Waals surface area (Å²) >= 11 is 0. The molecular formula is C14H20N2O3S. The minimum Gasteiger partial charge on any atom is -0.356 e. The molecule has 0 N–H and O–H groups in total. The minimum absolute atomic E-state index is 0.0708. The normalized spacial score (nSPS) is 27.2. The van der Waals surface area contributed by atoms with Crippen LogP contribution >= 0.6 is 0 Å². The van der Waals surface area contributed by atoms with E-state index in [0.29, 0.717) is 30.8 Å². The van der Waals surface area contributed by atoms with Crippen LogP contribution in [0.15, 0.2) is 17.3 Å². The number of Topliss-reactive ketones (excluding diaryl/α,β-unsaturated/α-hetero) is 1. The number of fused-ring (bicyclic) bond motifs is 1. The second kappa shape index (κ2) is 4.70. The smallest absolute Gasteiger partial charge is 0.244 e. The third-order valence-corrected chi connectivity index (χ3v) is 6.48. The lowest BCUT2D eigenvalue weighted by Gasteiger charge is -2.17. The van der Waals surface area contributed by atoms with Gasteiger partial charge in [-0.25, -0.2) is 8.42 Å². The van der Waals surface area contributed by atoms with Crippen LogP contribution in [-0.2, 0) is 28.3 Å². The summed E-state index contributed by atoms with van der Waals surface area (Å²) in [5, 5.41) is 0. The summed E-state index contributed by atoms with van der Waals surface area (Å²) in [6.45, 7) is 2.82. The third kappa shape index (κ3) is 2.02. The number of hydrogen-bond donors (Lipinski definition) is 0. The average Bonchev–Trinajstić information content (AvgIpc) is 3.05. The molecule has 3 rings (SSSR count). The monoisotopic (exact) mass is 296 g/mol. The number of aromatic nitrogens is 1. The molecule has 0 bridgehead atoms. The van der Waals surface area contributed by atoms with E-state index in [1.54, 1.807) is 10.8 Å². The lowest BCUT2D eigenvalue weighted by molar-refractivity contribution is -0.120. The highest BCUT2D eigenvalue weighted by Crippen LogP contribution is 2.38. The number of aryl methyl sites for hydroxylation is 2. The number of sulfonamides is 1. The van der Waals surface area contributed by atoms with Crippen molar-refractivity contribution in [3.63, 3.8) is 0 Å². The average molecular weight is 296 g/mol. The first kappa shape index (κ1) is 13.8. The van der Waals surface area contributed by atoms with E-state index in [1.165, 1.54) is 4.31 Å². The molecule has 0 spiro atoms. The standard InChI is InChI=1S/C14H20N2O3S/c1-3-10-6-15(2)9-14(10)20(18,19)16-7-11-4-5-13(17)12(11)8-16/h6,9,11-12H,3-5,7-8H2,1-2H3. The van der Waals surface area contributed by atoms with Crippen molar-refractivity contribution in [1.82, 2.24) is 8.87 Å². The zero-order valence-corrected chi connectivity index (χ0v) is 12.7. The van der Waals surface area contributed by atoms with Crippen molar-refractivity contribution in [2.75, 3.05) is 13.1 Å². The van der Waals surface area contributed by atoms with Crippen molar-refractivity contribution in [3.8, 4) is 0 Å². The Balaban J connectivity index is 1.91. The van der Waals surface area contributed by atoms with Crippen molar-refractivity contribution in [1.29, 1.82) is 0 Å². The fourth-order valence-corrected chi connectivity index (χ4v) is 5.30. The van der Waals surface area contributed by atoms with Crippen molar-refractivity contribution in [3.05, 3.63) is 18.0 Å². The Morgan fingerprint density at radius 3 is 2.70 bits per heavy atom. The van der Waals surface area contributed by atoms with Gasteiger partial charge in [0.2, 0.25) is 10.0 Å². The fourth-order valence-electron chi connectivity index (χ4n) is 3.45. The van der Waals surface area contributed by atoms with E-state index in [9.17, 15) is 13.2 Å². The van der Waals surface area contributed by atoms with Gasteiger partial charge in [0.15, 0.2) is 0 Å². The van der Waals surface area contributed by atoms with Gasteiger partial charge in [0.05, 0.1) is 0 Å². The van der Waals surface area contributed by atoms with Crippen LogP contribution in [-0.4, -0.2) is 36.2 Å². The molecule has 0 amide bonds. The number of carbonyl (C=O) groups is 1. The maximum absolute atomic E-state index is 12.8. The molecule has 2 unspecified atom stereocenters. The molecule has 20 heavy (non-hydrogen) atoms. The molecule has 1 aromatic heterocycles. The van der Waals surface area contributed by atoms with Crippen molar-refractivity contribution < 1.29 is 13.2 Å². The molecular weight excluding hydrogens is 276 g/mol. The number of ketones is 1. The summed E-state index contributed by atoms with van der Waals surface area (Å²) < 4.78 is 28.8. The maximum atomic E-state index is 12.8. The molecule has 2 heterocycles. The number of nitrogens with zero attached hydrogens (tertiary/aromatic N) is 2. The van der Waals surface area contributed by atoms with E-state index >= 15 is 0 Å².